The van der Waals surface area contributed by atoms with Gasteiger partial charge in [-0.2, -0.15) is 0 Å². The standard InChI is InChI=1S/C14H10Br2N2O2.BrH/c15-8-13(19)18-11-5-4-9(16)7-10(11)14(20)12-3-1-2-6-17-12;/h1-7H,8H2,(H,18,19);1H. The number of carbonyl (C=O) groups is 2. The van der Waals surface area contributed by atoms with E-state index in [2.05, 4.69) is 42.2 Å². The fraction of sp³-hybridized carbons (Fsp3) is 0.0714. The number of alkyl halides is 1. The van der Waals surface area contributed by atoms with Crippen LogP contribution in [0.15, 0.2) is 47.1 Å². The van der Waals surface area contributed by atoms with Crippen LogP contribution >= 0.6 is 48.8 Å². The Morgan fingerprint density at radius 1 is 1.19 bits per heavy atom. The molecule has 1 N–H and O–H groups in total. The van der Waals surface area contributed by atoms with E-state index in [1.54, 1.807) is 42.6 Å². The number of ketones is 1. The maximum absolute atomic E-state index is 12.4. The second-order valence-corrected chi connectivity index (χ2v) is 5.39. The summed E-state index contributed by atoms with van der Waals surface area (Å²) in [4.78, 5) is 28.0. The first-order valence-corrected chi connectivity index (χ1v) is 7.64. The number of hydrogen-bond acceptors (Lipinski definition) is 3. The van der Waals surface area contributed by atoms with Crippen molar-refractivity contribution in [1.82, 2.24) is 4.98 Å². The lowest BCUT2D eigenvalue weighted by atomic mass is 10.1. The van der Waals surface area contributed by atoms with Gasteiger partial charge in [-0.3, -0.25) is 14.6 Å². The first-order valence-electron chi connectivity index (χ1n) is 5.73. The summed E-state index contributed by atoms with van der Waals surface area (Å²) in [5, 5.41) is 2.85. The zero-order valence-electron chi connectivity index (χ0n) is 10.7. The van der Waals surface area contributed by atoms with Crippen LogP contribution in [-0.4, -0.2) is 22.0 Å². The Morgan fingerprint density at radius 2 is 1.95 bits per heavy atom. The third kappa shape index (κ3) is 4.72. The molecule has 0 aliphatic rings. The van der Waals surface area contributed by atoms with E-state index in [9.17, 15) is 9.59 Å². The predicted molar refractivity (Wildman–Crippen MR) is 94.6 cm³/mol. The van der Waals surface area contributed by atoms with Gasteiger partial charge in [-0.15, -0.1) is 17.0 Å². The average Bonchev–Trinajstić information content (AvgIpc) is 2.49. The number of hydrogen-bond donors (Lipinski definition) is 1. The number of anilines is 1. The van der Waals surface area contributed by atoms with Gasteiger partial charge in [0.05, 0.1) is 11.0 Å². The number of halogens is 3. The van der Waals surface area contributed by atoms with Crippen LogP contribution in [0.1, 0.15) is 16.1 Å². The lowest BCUT2D eigenvalue weighted by molar-refractivity contribution is -0.113. The SMILES string of the molecule is Br.O=C(CBr)Nc1ccc(Br)cc1C(=O)c1ccccn1. The number of amides is 1. The zero-order chi connectivity index (χ0) is 14.5. The molecule has 0 bridgehead atoms. The molecule has 2 aromatic rings. The van der Waals surface area contributed by atoms with Gasteiger partial charge < -0.3 is 5.32 Å². The Balaban J connectivity index is 0.00000220. The van der Waals surface area contributed by atoms with E-state index >= 15 is 0 Å². The highest BCUT2D eigenvalue weighted by molar-refractivity contribution is 9.10. The van der Waals surface area contributed by atoms with Gasteiger partial charge in [0.1, 0.15) is 5.69 Å². The summed E-state index contributed by atoms with van der Waals surface area (Å²) in [6.45, 7) is 0. The van der Waals surface area contributed by atoms with Crippen molar-refractivity contribution < 1.29 is 9.59 Å². The molecular weight excluding hydrogens is 468 g/mol. The lowest BCUT2D eigenvalue weighted by Gasteiger charge is -2.10. The highest BCUT2D eigenvalue weighted by Crippen LogP contribution is 2.23. The van der Waals surface area contributed by atoms with Gasteiger partial charge in [-0.05, 0) is 30.3 Å². The van der Waals surface area contributed by atoms with E-state index < -0.39 is 0 Å². The van der Waals surface area contributed by atoms with Crippen molar-refractivity contribution in [3.63, 3.8) is 0 Å². The molecule has 0 saturated heterocycles. The van der Waals surface area contributed by atoms with Crippen molar-refractivity contribution in [2.45, 2.75) is 0 Å². The summed E-state index contributed by atoms with van der Waals surface area (Å²) in [6, 6.07) is 10.2. The maximum atomic E-state index is 12.4. The van der Waals surface area contributed by atoms with Gasteiger partial charge in [-0.1, -0.05) is 37.9 Å². The topological polar surface area (TPSA) is 59.1 Å². The second kappa shape index (κ2) is 8.41. The third-order valence-electron chi connectivity index (χ3n) is 2.52. The van der Waals surface area contributed by atoms with Crippen LogP contribution in [0.2, 0.25) is 0 Å². The molecule has 7 heteroatoms. The Morgan fingerprint density at radius 3 is 2.57 bits per heavy atom. The molecular formula is C14H11Br3N2O2. The van der Waals surface area contributed by atoms with Crippen molar-refractivity contribution in [3.05, 3.63) is 58.3 Å². The molecule has 1 aromatic heterocycles. The van der Waals surface area contributed by atoms with Crippen LogP contribution in [0.5, 0.6) is 0 Å². The highest BCUT2D eigenvalue weighted by atomic mass is 79.9. The van der Waals surface area contributed by atoms with Crippen molar-refractivity contribution in [2.75, 3.05) is 10.6 Å². The van der Waals surface area contributed by atoms with E-state index in [1.165, 1.54) is 0 Å². The number of pyridine rings is 1. The number of aromatic nitrogens is 1. The number of rotatable bonds is 4. The smallest absolute Gasteiger partial charge is 0.235 e. The largest absolute Gasteiger partial charge is 0.325 e. The number of nitrogens with zero attached hydrogens (tertiary/aromatic N) is 1. The van der Waals surface area contributed by atoms with Gasteiger partial charge in [0.2, 0.25) is 11.7 Å². The molecule has 0 aliphatic carbocycles. The molecule has 0 spiro atoms. The van der Waals surface area contributed by atoms with Gasteiger partial charge in [-0.25, -0.2) is 0 Å². The molecule has 21 heavy (non-hydrogen) atoms. The van der Waals surface area contributed by atoms with Crippen LogP contribution in [0.3, 0.4) is 0 Å². The molecule has 0 unspecified atom stereocenters. The summed E-state index contributed by atoms with van der Waals surface area (Å²) in [6.07, 6.45) is 1.56. The average molecular weight is 479 g/mol. The second-order valence-electron chi connectivity index (χ2n) is 3.92. The Labute approximate surface area is 149 Å². The molecule has 1 amide bonds. The molecule has 1 heterocycles. The van der Waals surface area contributed by atoms with Gasteiger partial charge >= 0.3 is 0 Å². The van der Waals surface area contributed by atoms with Crippen molar-refractivity contribution in [2.24, 2.45) is 0 Å². The summed E-state index contributed by atoms with van der Waals surface area (Å²) >= 11 is 6.40. The summed E-state index contributed by atoms with van der Waals surface area (Å²) in [5.74, 6) is -0.459. The quantitative estimate of drug-likeness (QED) is 0.534. The van der Waals surface area contributed by atoms with Crippen LogP contribution in [0.25, 0.3) is 0 Å². The summed E-state index contributed by atoms with van der Waals surface area (Å²) in [7, 11) is 0. The molecule has 0 aliphatic heterocycles. The third-order valence-corrected chi connectivity index (χ3v) is 3.52. The van der Waals surface area contributed by atoms with Crippen molar-refractivity contribution >= 4 is 66.2 Å². The Kier molecular flexibility index (Phi) is 7.21. The molecule has 0 fully saturated rings. The minimum Gasteiger partial charge on any atom is -0.325 e. The normalized spacial score (nSPS) is 9.62. The minimum absolute atomic E-state index is 0. The van der Waals surface area contributed by atoms with Crippen LogP contribution in [0.4, 0.5) is 5.69 Å². The number of nitrogens with one attached hydrogen (secondary N) is 1. The monoisotopic (exact) mass is 476 g/mol. The molecule has 0 radical (unpaired) electrons. The van der Waals surface area contributed by atoms with Crippen molar-refractivity contribution in [3.8, 4) is 0 Å². The van der Waals surface area contributed by atoms with E-state index in [0.29, 0.717) is 16.9 Å². The zero-order valence-corrected chi connectivity index (χ0v) is 15.6. The predicted octanol–water partition coefficient (Wildman–Crippen LogP) is 3.99. The fourth-order valence-corrected chi connectivity index (χ4v) is 2.13. The Hall–Kier alpha value is -1.05. The van der Waals surface area contributed by atoms with Crippen LogP contribution < -0.4 is 5.32 Å². The molecule has 4 nitrogen and oxygen atoms in total. The van der Waals surface area contributed by atoms with Crippen LogP contribution in [0, 0.1) is 0 Å². The number of benzene rings is 1. The Bertz CT molecular complexity index is 648. The molecule has 0 atom stereocenters. The minimum atomic E-state index is -0.239. The molecule has 0 saturated carbocycles. The highest BCUT2D eigenvalue weighted by Gasteiger charge is 2.16. The summed E-state index contributed by atoms with van der Waals surface area (Å²) < 4.78 is 0.758. The van der Waals surface area contributed by atoms with E-state index in [-0.39, 0.29) is 34.0 Å². The first-order chi connectivity index (χ1) is 9.61. The van der Waals surface area contributed by atoms with E-state index in [4.69, 9.17) is 0 Å². The van der Waals surface area contributed by atoms with E-state index in [1.807, 2.05) is 0 Å². The first kappa shape index (κ1) is 18.0. The van der Waals surface area contributed by atoms with Gasteiger partial charge in [0.15, 0.2) is 0 Å². The van der Waals surface area contributed by atoms with E-state index in [0.717, 1.165) is 4.47 Å². The molecule has 1 aromatic carbocycles. The molecule has 2 rings (SSSR count). The maximum Gasteiger partial charge on any atom is 0.235 e. The molecule has 110 valence electrons. The lowest BCUT2D eigenvalue weighted by Crippen LogP contribution is -2.16. The summed E-state index contributed by atoms with van der Waals surface area (Å²) in [5.41, 5.74) is 1.20. The van der Waals surface area contributed by atoms with Crippen LogP contribution in [-0.2, 0) is 4.79 Å². The van der Waals surface area contributed by atoms with Crippen molar-refractivity contribution in [1.29, 1.82) is 0 Å². The van der Waals surface area contributed by atoms with Gasteiger partial charge in [0.25, 0.3) is 0 Å². The van der Waals surface area contributed by atoms with Gasteiger partial charge in [0, 0.05) is 16.2 Å². The number of carbonyl (C=O) groups excluding carboxylic acids is 2. The fourth-order valence-electron chi connectivity index (χ4n) is 1.63.